The van der Waals surface area contributed by atoms with Crippen LogP contribution in [-0.2, 0) is 9.53 Å². The Hall–Kier alpha value is -1.54. The van der Waals surface area contributed by atoms with E-state index in [0.29, 0.717) is 13.2 Å². The number of unbranched alkanes of at least 4 members (excludes halogenated alkanes) is 1. The Bertz CT molecular complexity index is 368. The highest BCUT2D eigenvalue weighted by atomic mass is 16.5. The Morgan fingerprint density at radius 2 is 2.05 bits per heavy atom. The molecule has 0 aromatic heterocycles. The van der Waals surface area contributed by atoms with Gasteiger partial charge in [-0.25, -0.2) is 0 Å². The van der Waals surface area contributed by atoms with Crippen LogP contribution in [0.5, 0.6) is 0 Å². The van der Waals surface area contributed by atoms with Crippen molar-refractivity contribution in [3.63, 3.8) is 0 Å². The number of carbonyl (C=O) groups is 1. The van der Waals surface area contributed by atoms with Crippen molar-refractivity contribution >= 4 is 5.91 Å². The largest absolute Gasteiger partial charge is 0.390 e. The fraction of sp³-hybridized carbons (Fsp3) is 0.750. The van der Waals surface area contributed by atoms with Crippen molar-refractivity contribution in [2.24, 2.45) is 0 Å². The van der Waals surface area contributed by atoms with Crippen LogP contribution in [0.2, 0.25) is 0 Å². The Morgan fingerprint density at radius 1 is 1.33 bits per heavy atom. The van der Waals surface area contributed by atoms with Crippen LogP contribution < -0.4 is 10.6 Å². The molecule has 118 valence electrons. The summed E-state index contributed by atoms with van der Waals surface area (Å²) in [5.41, 5.74) is 0.147. The first-order valence-electron chi connectivity index (χ1n) is 8.00. The molecule has 5 nitrogen and oxygen atoms in total. The third kappa shape index (κ3) is 7.72. The average molecular weight is 293 g/mol. The van der Waals surface area contributed by atoms with E-state index in [4.69, 9.17) is 10.00 Å². The number of hydrogen-bond donors (Lipinski definition) is 2. The maximum atomic E-state index is 11.9. The predicted octanol–water partition coefficient (Wildman–Crippen LogP) is 2.25. The number of amides is 1. The van der Waals surface area contributed by atoms with Crippen molar-refractivity contribution in [1.82, 2.24) is 10.6 Å². The number of carbonyl (C=O) groups excluding carboxylic acids is 1. The van der Waals surface area contributed by atoms with E-state index in [1.54, 1.807) is 0 Å². The molecule has 2 N–H and O–H groups in total. The van der Waals surface area contributed by atoms with Crippen molar-refractivity contribution in [2.75, 3.05) is 19.8 Å². The van der Waals surface area contributed by atoms with Gasteiger partial charge in [0, 0.05) is 32.0 Å². The van der Waals surface area contributed by atoms with Crippen molar-refractivity contribution in [3.8, 4) is 6.07 Å². The van der Waals surface area contributed by atoms with Crippen LogP contribution in [0.4, 0.5) is 0 Å². The molecule has 1 aliphatic carbocycles. The molecule has 0 saturated heterocycles. The number of rotatable bonds is 10. The lowest BCUT2D eigenvalue weighted by molar-refractivity contribution is -0.117. The number of hydrogen-bond acceptors (Lipinski definition) is 4. The Balaban J connectivity index is 2.15. The highest BCUT2D eigenvalue weighted by molar-refractivity contribution is 5.97. The molecule has 1 rings (SSSR count). The number of nitrogens with one attached hydrogen (secondary N) is 2. The highest BCUT2D eigenvalue weighted by Gasteiger charge is 2.18. The molecule has 0 aromatic carbocycles. The molecule has 0 aliphatic heterocycles. The van der Waals surface area contributed by atoms with E-state index in [9.17, 15) is 4.79 Å². The van der Waals surface area contributed by atoms with Gasteiger partial charge in [-0.1, -0.05) is 26.2 Å². The molecule has 5 heteroatoms. The van der Waals surface area contributed by atoms with Crippen LogP contribution in [0.25, 0.3) is 0 Å². The van der Waals surface area contributed by atoms with Gasteiger partial charge in [0.25, 0.3) is 5.91 Å². The molecule has 0 bridgehead atoms. The Labute approximate surface area is 127 Å². The minimum Gasteiger partial charge on any atom is -0.390 e. The summed E-state index contributed by atoms with van der Waals surface area (Å²) >= 11 is 0. The lowest BCUT2D eigenvalue weighted by Crippen LogP contribution is -2.33. The van der Waals surface area contributed by atoms with Crippen molar-refractivity contribution in [3.05, 3.63) is 11.8 Å². The van der Waals surface area contributed by atoms with E-state index >= 15 is 0 Å². The molecule has 0 heterocycles. The van der Waals surface area contributed by atoms with Gasteiger partial charge in [0.15, 0.2) is 0 Å². The molecule has 21 heavy (non-hydrogen) atoms. The first kappa shape index (κ1) is 17.5. The van der Waals surface area contributed by atoms with E-state index < -0.39 is 0 Å². The lowest BCUT2D eigenvalue weighted by Gasteiger charge is -2.11. The predicted molar refractivity (Wildman–Crippen MR) is 82.4 cm³/mol. The van der Waals surface area contributed by atoms with Crippen LogP contribution >= 0.6 is 0 Å². The van der Waals surface area contributed by atoms with E-state index in [1.807, 2.05) is 6.07 Å². The van der Waals surface area contributed by atoms with Gasteiger partial charge in [0.05, 0.1) is 0 Å². The zero-order valence-electron chi connectivity index (χ0n) is 13.0. The second-order valence-electron chi connectivity index (χ2n) is 5.40. The SMILES string of the molecule is CCCCOCCCN/C=C(/C#N)C(=O)NC1CCCC1. The monoisotopic (exact) mass is 293 g/mol. The summed E-state index contributed by atoms with van der Waals surface area (Å²) in [6, 6.07) is 2.19. The van der Waals surface area contributed by atoms with Gasteiger partial charge in [-0.2, -0.15) is 5.26 Å². The van der Waals surface area contributed by atoms with Gasteiger partial charge in [0.2, 0.25) is 0 Å². The fourth-order valence-corrected chi connectivity index (χ4v) is 2.28. The summed E-state index contributed by atoms with van der Waals surface area (Å²) in [5, 5.41) is 14.9. The maximum Gasteiger partial charge on any atom is 0.263 e. The third-order valence-corrected chi connectivity index (χ3v) is 3.55. The van der Waals surface area contributed by atoms with Gasteiger partial charge in [0.1, 0.15) is 11.6 Å². The van der Waals surface area contributed by atoms with Gasteiger partial charge in [-0.15, -0.1) is 0 Å². The molecule has 1 fully saturated rings. The molecule has 0 radical (unpaired) electrons. The zero-order chi connectivity index (χ0) is 15.3. The second kappa shape index (κ2) is 11.2. The molecule has 1 aliphatic rings. The second-order valence-corrected chi connectivity index (χ2v) is 5.40. The molecule has 0 unspecified atom stereocenters. The standard InChI is InChI=1S/C16H27N3O2/c1-2-3-10-21-11-6-9-18-13-14(12-17)16(20)19-15-7-4-5-8-15/h13,15,18H,2-11H2,1H3,(H,19,20)/b14-13-. The Morgan fingerprint density at radius 3 is 2.71 bits per heavy atom. The van der Waals surface area contributed by atoms with Gasteiger partial charge >= 0.3 is 0 Å². The number of nitrogens with zero attached hydrogens (tertiary/aromatic N) is 1. The lowest BCUT2D eigenvalue weighted by atomic mass is 10.2. The minimum absolute atomic E-state index is 0.147. The number of nitriles is 1. The van der Waals surface area contributed by atoms with Gasteiger partial charge in [-0.05, 0) is 25.7 Å². The van der Waals surface area contributed by atoms with E-state index in [0.717, 1.165) is 51.6 Å². The third-order valence-electron chi connectivity index (χ3n) is 3.55. The van der Waals surface area contributed by atoms with Crippen molar-refractivity contribution < 1.29 is 9.53 Å². The van der Waals surface area contributed by atoms with Crippen molar-refractivity contribution in [2.45, 2.75) is 57.9 Å². The quantitative estimate of drug-likeness (QED) is 0.368. The summed E-state index contributed by atoms with van der Waals surface area (Å²) in [4.78, 5) is 11.9. The molecule has 1 amide bonds. The van der Waals surface area contributed by atoms with Crippen LogP contribution in [0.15, 0.2) is 11.8 Å². The minimum atomic E-state index is -0.268. The van der Waals surface area contributed by atoms with E-state index in [2.05, 4.69) is 17.6 Å². The molecular formula is C16H27N3O2. The summed E-state index contributed by atoms with van der Waals surface area (Å²) in [5.74, 6) is -0.268. The smallest absolute Gasteiger partial charge is 0.263 e. The summed E-state index contributed by atoms with van der Waals surface area (Å²) in [7, 11) is 0. The summed E-state index contributed by atoms with van der Waals surface area (Å²) < 4.78 is 5.44. The van der Waals surface area contributed by atoms with Crippen LogP contribution in [-0.4, -0.2) is 31.7 Å². The molecule has 0 atom stereocenters. The Kier molecular flexibility index (Phi) is 9.30. The highest BCUT2D eigenvalue weighted by Crippen LogP contribution is 2.17. The molecule has 0 spiro atoms. The van der Waals surface area contributed by atoms with Crippen LogP contribution in [0.3, 0.4) is 0 Å². The molecule has 0 aromatic rings. The zero-order valence-corrected chi connectivity index (χ0v) is 13.0. The summed E-state index contributed by atoms with van der Waals surface area (Å²) in [6.07, 6.45) is 8.97. The number of ether oxygens (including phenoxy) is 1. The normalized spacial score (nSPS) is 15.7. The average Bonchev–Trinajstić information content (AvgIpc) is 2.98. The fourth-order valence-electron chi connectivity index (χ4n) is 2.28. The van der Waals surface area contributed by atoms with E-state index in [1.165, 1.54) is 6.20 Å². The maximum absolute atomic E-state index is 11.9. The van der Waals surface area contributed by atoms with Gasteiger partial charge < -0.3 is 15.4 Å². The van der Waals surface area contributed by atoms with Gasteiger partial charge in [-0.3, -0.25) is 4.79 Å². The van der Waals surface area contributed by atoms with E-state index in [-0.39, 0.29) is 17.5 Å². The first-order valence-corrected chi connectivity index (χ1v) is 8.00. The van der Waals surface area contributed by atoms with Crippen LogP contribution in [0.1, 0.15) is 51.9 Å². The molecule has 1 saturated carbocycles. The summed E-state index contributed by atoms with van der Waals surface area (Å²) in [6.45, 7) is 4.35. The molecular weight excluding hydrogens is 266 g/mol. The van der Waals surface area contributed by atoms with Crippen LogP contribution in [0, 0.1) is 11.3 Å². The topological polar surface area (TPSA) is 74.1 Å². The first-order chi connectivity index (χ1) is 10.3. The van der Waals surface area contributed by atoms with Crippen molar-refractivity contribution in [1.29, 1.82) is 5.26 Å².